The molecule has 2 heterocycles. The van der Waals surface area contributed by atoms with Gasteiger partial charge >= 0.3 is 0 Å². The topological polar surface area (TPSA) is 71.6 Å². The second-order valence-electron chi connectivity index (χ2n) is 4.91. The zero-order valence-corrected chi connectivity index (χ0v) is 11.9. The van der Waals surface area contributed by atoms with Crippen LogP contribution in [-0.4, -0.2) is 24.7 Å². The Morgan fingerprint density at radius 3 is 2.90 bits per heavy atom. The van der Waals surface area contributed by atoms with E-state index in [1.54, 1.807) is 0 Å². The third-order valence-electron chi connectivity index (χ3n) is 3.53. The molecule has 0 radical (unpaired) electrons. The van der Waals surface area contributed by atoms with E-state index in [-0.39, 0.29) is 22.9 Å². The molecule has 0 aliphatic carbocycles. The molecule has 1 aromatic carbocycles. The van der Waals surface area contributed by atoms with Gasteiger partial charge in [0.15, 0.2) is 0 Å². The third kappa shape index (κ3) is 2.14. The minimum Gasteiger partial charge on any atom is -0.250 e. The molecular formula is C14H14N4OS. The van der Waals surface area contributed by atoms with Crippen LogP contribution in [0.5, 0.6) is 0 Å². The highest BCUT2D eigenvalue weighted by molar-refractivity contribution is 7.85. The maximum Gasteiger partial charge on any atom is 0.240 e. The van der Waals surface area contributed by atoms with Gasteiger partial charge in [-0.3, -0.25) is 0 Å². The molecule has 0 bridgehead atoms. The van der Waals surface area contributed by atoms with Crippen LogP contribution < -0.4 is 0 Å². The predicted octanol–water partition coefficient (Wildman–Crippen LogP) is 2.01. The molecule has 1 aliphatic rings. The number of hydrogen-bond donors (Lipinski definition) is 0. The highest BCUT2D eigenvalue weighted by Gasteiger charge is 2.33. The van der Waals surface area contributed by atoms with E-state index < -0.39 is 10.8 Å². The van der Waals surface area contributed by atoms with Gasteiger partial charge in [0, 0.05) is 5.92 Å². The first-order valence-corrected chi connectivity index (χ1v) is 7.79. The van der Waals surface area contributed by atoms with E-state index >= 15 is 0 Å². The smallest absolute Gasteiger partial charge is 0.240 e. The molecule has 20 heavy (non-hydrogen) atoms. The first-order chi connectivity index (χ1) is 9.70. The van der Waals surface area contributed by atoms with Crippen molar-refractivity contribution >= 4 is 10.8 Å². The Hall–Kier alpha value is -2.00. The van der Waals surface area contributed by atoms with Crippen molar-refractivity contribution in [3.8, 4) is 6.07 Å². The first-order valence-electron chi connectivity index (χ1n) is 6.47. The number of benzene rings is 1. The van der Waals surface area contributed by atoms with E-state index in [1.807, 2.05) is 29.0 Å². The normalized spacial score (nSPS) is 22.2. The van der Waals surface area contributed by atoms with Crippen molar-refractivity contribution in [2.45, 2.75) is 30.5 Å². The van der Waals surface area contributed by atoms with Crippen LogP contribution in [0.2, 0.25) is 0 Å². The standard InChI is InChI=1S/C14H14N4OS/c1-10-9-12(11-5-3-2-4-6-11)18-13(10)16-14(17-18)20(19)8-7-15/h2-6,10,12H,8-9H2,1H3/t10?,12-,20?/m0/s1. The summed E-state index contributed by atoms with van der Waals surface area (Å²) in [7, 11) is -1.43. The summed E-state index contributed by atoms with van der Waals surface area (Å²) in [5.74, 6) is 1.08. The van der Waals surface area contributed by atoms with Gasteiger partial charge < -0.3 is 0 Å². The quantitative estimate of drug-likeness (QED) is 0.865. The molecule has 2 aromatic rings. The number of nitrogens with zero attached hydrogens (tertiary/aromatic N) is 4. The fourth-order valence-corrected chi connectivity index (χ4v) is 3.21. The Kier molecular flexibility index (Phi) is 3.36. The van der Waals surface area contributed by atoms with Crippen molar-refractivity contribution in [1.29, 1.82) is 5.26 Å². The summed E-state index contributed by atoms with van der Waals surface area (Å²) < 4.78 is 13.7. The molecule has 0 amide bonds. The summed E-state index contributed by atoms with van der Waals surface area (Å²) >= 11 is 0. The van der Waals surface area contributed by atoms with Gasteiger partial charge in [0.05, 0.1) is 12.1 Å². The monoisotopic (exact) mass is 286 g/mol. The number of nitriles is 1. The van der Waals surface area contributed by atoms with Gasteiger partial charge in [0.25, 0.3) is 0 Å². The van der Waals surface area contributed by atoms with Gasteiger partial charge in [-0.1, -0.05) is 37.3 Å². The summed E-state index contributed by atoms with van der Waals surface area (Å²) in [5.41, 5.74) is 1.18. The Balaban J connectivity index is 1.98. The van der Waals surface area contributed by atoms with E-state index in [9.17, 15) is 4.21 Å². The van der Waals surface area contributed by atoms with Crippen molar-refractivity contribution in [1.82, 2.24) is 14.8 Å². The summed E-state index contributed by atoms with van der Waals surface area (Å²) in [5, 5.41) is 13.3. The molecule has 3 atom stereocenters. The molecule has 2 unspecified atom stereocenters. The van der Waals surface area contributed by atoms with Gasteiger partial charge in [-0.2, -0.15) is 5.26 Å². The number of rotatable bonds is 3. The Morgan fingerprint density at radius 1 is 1.45 bits per heavy atom. The second-order valence-corrected chi connectivity index (χ2v) is 6.25. The van der Waals surface area contributed by atoms with Crippen LogP contribution >= 0.6 is 0 Å². The fraction of sp³-hybridized carbons (Fsp3) is 0.357. The zero-order chi connectivity index (χ0) is 14.1. The molecule has 1 aliphatic heterocycles. The number of fused-ring (bicyclic) bond motifs is 1. The molecule has 0 spiro atoms. The van der Waals surface area contributed by atoms with Crippen LogP contribution in [0, 0.1) is 11.3 Å². The van der Waals surface area contributed by atoms with Crippen LogP contribution in [0.3, 0.4) is 0 Å². The average molecular weight is 286 g/mol. The molecule has 1 aromatic heterocycles. The van der Waals surface area contributed by atoms with E-state index in [4.69, 9.17) is 5.26 Å². The van der Waals surface area contributed by atoms with E-state index in [0.717, 1.165) is 12.2 Å². The molecule has 0 fully saturated rings. The maximum atomic E-state index is 11.9. The van der Waals surface area contributed by atoms with Crippen LogP contribution in [-0.2, 0) is 10.8 Å². The summed E-state index contributed by atoms with van der Waals surface area (Å²) in [6.07, 6.45) is 0.949. The van der Waals surface area contributed by atoms with Crippen LogP contribution in [0.15, 0.2) is 35.5 Å². The molecule has 5 nitrogen and oxygen atoms in total. The van der Waals surface area contributed by atoms with Crippen molar-refractivity contribution in [2.24, 2.45) is 0 Å². The van der Waals surface area contributed by atoms with Crippen molar-refractivity contribution in [3.63, 3.8) is 0 Å². The lowest BCUT2D eigenvalue weighted by Crippen LogP contribution is -2.08. The fourth-order valence-electron chi connectivity index (χ4n) is 2.59. The largest absolute Gasteiger partial charge is 0.250 e. The highest BCUT2D eigenvalue weighted by atomic mass is 32.2. The van der Waals surface area contributed by atoms with Gasteiger partial charge in [-0.25, -0.2) is 13.9 Å². The minimum atomic E-state index is -1.43. The van der Waals surface area contributed by atoms with E-state index in [0.29, 0.717) is 0 Å². The molecular weight excluding hydrogens is 272 g/mol. The van der Waals surface area contributed by atoms with Crippen LogP contribution in [0.25, 0.3) is 0 Å². The number of hydrogen-bond acceptors (Lipinski definition) is 4. The Labute approximate surface area is 119 Å². The summed E-state index contributed by atoms with van der Waals surface area (Å²) in [6, 6.07) is 12.2. The lowest BCUT2D eigenvalue weighted by molar-refractivity contribution is 0.529. The molecule has 0 saturated carbocycles. The molecule has 3 rings (SSSR count). The molecule has 0 saturated heterocycles. The second kappa shape index (κ2) is 5.17. The van der Waals surface area contributed by atoms with Crippen molar-refractivity contribution < 1.29 is 4.21 Å². The van der Waals surface area contributed by atoms with Gasteiger partial charge in [-0.15, -0.1) is 5.10 Å². The van der Waals surface area contributed by atoms with E-state index in [1.165, 1.54) is 5.56 Å². The Bertz CT molecular complexity index is 689. The highest BCUT2D eigenvalue weighted by Crippen LogP contribution is 2.38. The van der Waals surface area contributed by atoms with Gasteiger partial charge in [0.2, 0.25) is 5.16 Å². The SMILES string of the molecule is CC1C[C@@H](c2ccccc2)n2nc(S(=O)CC#N)nc21. The first kappa shape index (κ1) is 13.0. The maximum absolute atomic E-state index is 11.9. The zero-order valence-electron chi connectivity index (χ0n) is 11.1. The predicted molar refractivity (Wildman–Crippen MR) is 74.5 cm³/mol. The minimum absolute atomic E-state index is 0.0617. The summed E-state index contributed by atoms with van der Waals surface area (Å²) in [4.78, 5) is 4.37. The van der Waals surface area contributed by atoms with Crippen molar-refractivity contribution in [3.05, 3.63) is 41.7 Å². The Morgan fingerprint density at radius 2 is 2.20 bits per heavy atom. The average Bonchev–Trinajstić information content (AvgIpc) is 3.01. The lowest BCUT2D eigenvalue weighted by Gasteiger charge is -2.11. The van der Waals surface area contributed by atoms with Crippen molar-refractivity contribution in [2.75, 3.05) is 5.75 Å². The van der Waals surface area contributed by atoms with Crippen LogP contribution in [0.4, 0.5) is 0 Å². The van der Waals surface area contributed by atoms with Crippen LogP contribution in [0.1, 0.15) is 36.7 Å². The van der Waals surface area contributed by atoms with Gasteiger partial charge in [0.1, 0.15) is 22.4 Å². The molecule has 6 heteroatoms. The third-order valence-corrected chi connectivity index (χ3v) is 4.51. The molecule has 102 valence electrons. The van der Waals surface area contributed by atoms with Gasteiger partial charge in [-0.05, 0) is 12.0 Å². The number of aromatic nitrogens is 3. The molecule has 0 N–H and O–H groups in total. The lowest BCUT2D eigenvalue weighted by atomic mass is 10.0. The summed E-state index contributed by atoms with van der Waals surface area (Å²) in [6.45, 7) is 2.10. The van der Waals surface area contributed by atoms with E-state index in [2.05, 4.69) is 29.1 Å².